The molecule has 6 heteroatoms. The van der Waals surface area contributed by atoms with Gasteiger partial charge < -0.3 is 4.74 Å². The third kappa shape index (κ3) is 3.91. The van der Waals surface area contributed by atoms with Crippen LogP contribution in [-0.4, -0.2) is 8.42 Å². The van der Waals surface area contributed by atoms with Crippen LogP contribution in [0.1, 0.15) is 0 Å². The van der Waals surface area contributed by atoms with Crippen LogP contribution in [0.3, 0.4) is 0 Å². The van der Waals surface area contributed by atoms with Gasteiger partial charge in [-0.25, -0.2) is 12.8 Å². The summed E-state index contributed by atoms with van der Waals surface area (Å²) in [6, 6.07) is 20.4. The number of ether oxygens (including phenoxy) is 1. The second kappa shape index (κ2) is 6.72. The fraction of sp³-hybridized carbons (Fsp3) is 0. The quantitative estimate of drug-likeness (QED) is 0.746. The van der Waals surface area contributed by atoms with E-state index in [4.69, 9.17) is 4.74 Å². The number of para-hydroxylation sites is 1. The van der Waals surface area contributed by atoms with Gasteiger partial charge in [0.15, 0.2) is 0 Å². The van der Waals surface area contributed by atoms with E-state index in [-0.39, 0.29) is 10.6 Å². The summed E-state index contributed by atoms with van der Waals surface area (Å²) in [4.78, 5) is 0.0622. The first-order valence-electron chi connectivity index (χ1n) is 7.14. The molecular weight excluding hydrogens is 329 g/mol. The topological polar surface area (TPSA) is 55.4 Å². The third-order valence-electron chi connectivity index (χ3n) is 3.19. The molecule has 0 unspecified atom stereocenters. The fourth-order valence-corrected chi connectivity index (χ4v) is 3.13. The lowest BCUT2D eigenvalue weighted by Gasteiger charge is -2.09. The van der Waals surface area contributed by atoms with E-state index in [1.165, 1.54) is 30.3 Å². The first-order valence-corrected chi connectivity index (χ1v) is 8.63. The van der Waals surface area contributed by atoms with Gasteiger partial charge in [0.25, 0.3) is 10.0 Å². The first-order chi connectivity index (χ1) is 11.5. The molecule has 0 amide bonds. The molecule has 3 rings (SSSR count). The van der Waals surface area contributed by atoms with E-state index in [2.05, 4.69) is 4.72 Å². The van der Waals surface area contributed by atoms with Crippen molar-refractivity contribution in [1.29, 1.82) is 0 Å². The lowest BCUT2D eigenvalue weighted by molar-refractivity contribution is 0.482. The molecule has 0 radical (unpaired) electrons. The lowest BCUT2D eigenvalue weighted by Crippen LogP contribution is -2.12. The maximum atomic E-state index is 13.2. The van der Waals surface area contributed by atoms with Crippen molar-refractivity contribution in [2.24, 2.45) is 0 Å². The van der Waals surface area contributed by atoms with Gasteiger partial charge in [-0.2, -0.15) is 0 Å². The highest BCUT2D eigenvalue weighted by atomic mass is 32.2. The van der Waals surface area contributed by atoms with Gasteiger partial charge in [0, 0.05) is 0 Å². The summed E-state index contributed by atoms with van der Waals surface area (Å²) < 4.78 is 45.7. The Morgan fingerprint density at radius 3 is 2.12 bits per heavy atom. The predicted molar refractivity (Wildman–Crippen MR) is 90.2 cm³/mol. The number of halogens is 1. The van der Waals surface area contributed by atoms with Crippen LogP contribution in [0, 0.1) is 5.82 Å². The molecule has 1 N–H and O–H groups in total. The summed E-state index contributed by atoms with van der Waals surface area (Å²) >= 11 is 0. The van der Waals surface area contributed by atoms with Crippen LogP contribution >= 0.6 is 0 Å². The molecule has 0 fully saturated rings. The zero-order valence-electron chi connectivity index (χ0n) is 12.5. The summed E-state index contributed by atoms with van der Waals surface area (Å²) in [5, 5.41) is 0. The average molecular weight is 343 g/mol. The number of anilines is 1. The summed E-state index contributed by atoms with van der Waals surface area (Å²) in [6.45, 7) is 0. The van der Waals surface area contributed by atoms with Crippen molar-refractivity contribution in [3.63, 3.8) is 0 Å². The molecule has 0 aliphatic heterocycles. The van der Waals surface area contributed by atoms with Crippen molar-refractivity contribution in [1.82, 2.24) is 0 Å². The van der Waals surface area contributed by atoms with Gasteiger partial charge in [-0.3, -0.25) is 4.72 Å². The van der Waals surface area contributed by atoms with E-state index in [1.807, 2.05) is 18.2 Å². The van der Waals surface area contributed by atoms with Crippen molar-refractivity contribution >= 4 is 15.7 Å². The Labute approximate surface area is 139 Å². The standard InChI is InChI=1S/C18H14FNO3S/c19-14-5-4-6-15(13-14)20-24(21,22)18-11-9-17(10-12-18)23-16-7-2-1-3-8-16/h1-13,20H. The smallest absolute Gasteiger partial charge is 0.261 e. The lowest BCUT2D eigenvalue weighted by atomic mass is 10.3. The molecule has 3 aromatic rings. The van der Waals surface area contributed by atoms with Crippen LogP contribution in [0.15, 0.2) is 83.8 Å². The number of nitrogens with one attached hydrogen (secondary N) is 1. The zero-order chi connectivity index (χ0) is 17.0. The molecule has 24 heavy (non-hydrogen) atoms. The van der Waals surface area contributed by atoms with Crippen LogP contribution in [0.4, 0.5) is 10.1 Å². The van der Waals surface area contributed by atoms with Crippen LogP contribution in [0.5, 0.6) is 11.5 Å². The molecule has 122 valence electrons. The third-order valence-corrected chi connectivity index (χ3v) is 4.59. The Bertz CT molecular complexity index is 926. The number of sulfonamides is 1. The normalized spacial score (nSPS) is 11.0. The van der Waals surface area contributed by atoms with Crippen LogP contribution < -0.4 is 9.46 Å². The Morgan fingerprint density at radius 1 is 0.792 bits per heavy atom. The predicted octanol–water partition coefficient (Wildman–Crippen LogP) is 4.42. The molecule has 0 aromatic heterocycles. The SMILES string of the molecule is O=S(=O)(Nc1cccc(F)c1)c1ccc(Oc2ccccc2)cc1. The highest BCUT2D eigenvalue weighted by Gasteiger charge is 2.14. The summed E-state index contributed by atoms with van der Waals surface area (Å²) in [7, 11) is -3.79. The molecule has 0 aliphatic carbocycles. The van der Waals surface area contributed by atoms with Gasteiger partial charge in [-0.15, -0.1) is 0 Å². The van der Waals surface area contributed by atoms with Crippen molar-refractivity contribution < 1.29 is 17.5 Å². The molecule has 0 saturated heterocycles. The van der Waals surface area contributed by atoms with E-state index in [1.54, 1.807) is 24.3 Å². The number of hydrogen-bond acceptors (Lipinski definition) is 3. The molecule has 0 bridgehead atoms. The van der Waals surface area contributed by atoms with Crippen LogP contribution in [-0.2, 0) is 10.0 Å². The molecular formula is C18H14FNO3S. The van der Waals surface area contributed by atoms with Gasteiger partial charge in [-0.1, -0.05) is 24.3 Å². The number of hydrogen-bond donors (Lipinski definition) is 1. The molecule has 3 aromatic carbocycles. The molecule has 0 saturated carbocycles. The molecule has 4 nitrogen and oxygen atoms in total. The minimum atomic E-state index is -3.79. The minimum Gasteiger partial charge on any atom is -0.457 e. The summed E-state index contributed by atoms with van der Waals surface area (Å²) in [6.07, 6.45) is 0. The van der Waals surface area contributed by atoms with Gasteiger partial charge in [0.2, 0.25) is 0 Å². The van der Waals surface area contributed by atoms with Crippen LogP contribution in [0.2, 0.25) is 0 Å². The summed E-state index contributed by atoms with van der Waals surface area (Å²) in [5.74, 6) is 0.665. The van der Waals surface area contributed by atoms with E-state index in [9.17, 15) is 12.8 Å². The van der Waals surface area contributed by atoms with E-state index in [0.29, 0.717) is 11.5 Å². The number of benzene rings is 3. The largest absolute Gasteiger partial charge is 0.457 e. The van der Waals surface area contributed by atoms with Crippen LogP contribution in [0.25, 0.3) is 0 Å². The highest BCUT2D eigenvalue weighted by molar-refractivity contribution is 7.92. The van der Waals surface area contributed by atoms with Crippen molar-refractivity contribution in [3.8, 4) is 11.5 Å². The van der Waals surface area contributed by atoms with Gasteiger partial charge in [0.1, 0.15) is 17.3 Å². The number of rotatable bonds is 5. The Morgan fingerprint density at radius 2 is 1.46 bits per heavy atom. The first kappa shape index (κ1) is 16.0. The Balaban J connectivity index is 1.77. The Hall–Kier alpha value is -2.86. The van der Waals surface area contributed by atoms with Gasteiger partial charge in [0.05, 0.1) is 10.6 Å². The average Bonchev–Trinajstić information content (AvgIpc) is 2.56. The zero-order valence-corrected chi connectivity index (χ0v) is 13.3. The van der Waals surface area contributed by atoms with Gasteiger partial charge in [-0.05, 0) is 54.6 Å². The summed E-state index contributed by atoms with van der Waals surface area (Å²) in [5.41, 5.74) is 0.166. The Kier molecular flexibility index (Phi) is 4.48. The maximum absolute atomic E-state index is 13.2. The second-order valence-corrected chi connectivity index (χ2v) is 6.68. The van der Waals surface area contributed by atoms with E-state index < -0.39 is 15.8 Å². The maximum Gasteiger partial charge on any atom is 0.261 e. The van der Waals surface area contributed by atoms with Crippen molar-refractivity contribution in [2.75, 3.05) is 4.72 Å². The highest BCUT2D eigenvalue weighted by Crippen LogP contribution is 2.23. The second-order valence-electron chi connectivity index (χ2n) is 5.00. The molecule has 0 atom stereocenters. The monoisotopic (exact) mass is 343 g/mol. The van der Waals surface area contributed by atoms with Crippen molar-refractivity contribution in [2.45, 2.75) is 4.90 Å². The van der Waals surface area contributed by atoms with Gasteiger partial charge >= 0.3 is 0 Å². The van der Waals surface area contributed by atoms with E-state index in [0.717, 1.165) is 6.07 Å². The fourth-order valence-electron chi connectivity index (χ4n) is 2.08. The minimum absolute atomic E-state index is 0.0622. The van der Waals surface area contributed by atoms with E-state index >= 15 is 0 Å². The van der Waals surface area contributed by atoms with Crippen molar-refractivity contribution in [3.05, 3.63) is 84.7 Å². The molecule has 0 aliphatic rings. The molecule has 0 spiro atoms. The molecule has 0 heterocycles.